The fourth-order valence-corrected chi connectivity index (χ4v) is 4.28. The zero-order chi connectivity index (χ0) is 22.4. The zero-order valence-corrected chi connectivity index (χ0v) is 19.8. The van der Waals surface area contributed by atoms with Crippen molar-refractivity contribution >= 4 is 17.5 Å². The van der Waals surface area contributed by atoms with Gasteiger partial charge in [0.1, 0.15) is 18.1 Å². The van der Waals surface area contributed by atoms with E-state index in [9.17, 15) is 4.79 Å². The van der Waals surface area contributed by atoms with Crippen LogP contribution < -0.4 is 4.74 Å². The van der Waals surface area contributed by atoms with Gasteiger partial charge in [0, 0.05) is 5.41 Å². The molecule has 0 aliphatic carbocycles. The Morgan fingerprint density at radius 1 is 1.06 bits per heavy atom. The van der Waals surface area contributed by atoms with Crippen molar-refractivity contribution in [2.24, 2.45) is 5.41 Å². The summed E-state index contributed by atoms with van der Waals surface area (Å²) in [6.45, 7) is 10.4. The average molecular weight is 438 g/mol. The van der Waals surface area contributed by atoms with Crippen LogP contribution in [-0.2, 0) is 17.8 Å². The molecule has 5 nitrogen and oxygen atoms in total. The van der Waals surface area contributed by atoms with Crippen LogP contribution in [-0.4, -0.2) is 26.3 Å². The number of ether oxygens (including phenoxy) is 1. The van der Waals surface area contributed by atoms with E-state index in [4.69, 9.17) is 4.74 Å². The van der Waals surface area contributed by atoms with Gasteiger partial charge in [0.05, 0.1) is 11.8 Å². The fraction of sp³-hybridized carbons (Fsp3) is 0.400. The maximum Gasteiger partial charge on any atom is 0.192 e. The van der Waals surface area contributed by atoms with E-state index < -0.39 is 0 Å². The van der Waals surface area contributed by atoms with Gasteiger partial charge >= 0.3 is 0 Å². The molecule has 0 radical (unpaired) electrons. The number of rotatable bonds is 9. The average Bonchev–Trinajstić information content (AvgIpc) is 3.18. The number of Topliss-reactive ketones (excluding diaryl/α,β-unsaturated/α-hetero) is 1. The maximum absolute atomic E-state index is 12.5. The second-order valence-electron chi connectivity index (χ2n) is 8.60. The quantitative estimate of drug-likeness (QED) is 0.400. The summed E-state index contributed by atoms with van der Waals surface area (Å²) in [6, 6.07) is 18.4. The Morgan fingerprint density at radius 2 is 1.74 bits per heavy atom. The van der Waals surface area contributed by atoms with Crippen LogP contribution in [0.2, 0.25) is 0 Å². The number of nitrogens with zero attached hydrogens (tertiary/aromatic N) is 3. The molecular weight excluding hydrogens is 406 g/mol. The molecule has 0 saturated heterocycles. The summed E-state index contributed by atoms with van der Waals surface area (Å²) >= 11 is 1.44. The summed E-state index contributed by atoms with van der Waals surface area (Å²) in [5.41, 5.74) is 2.05. The van der Waals surface area contributed by atoms with E-state index in [-0.39, 0.29) is 17.2 Å². The lowest BCUT2D eigenvalue weighted by Crippen LogP contribution is -2.22. The van der Waals surface area contributed by atoms with Crippen molar-refractivity contribution in [1.29, 1.82) is 0 Å². The smallest absolute Gasteiger partial charge is 0.192 e. The Labute approximate surface area is 189 Å². The number of carbonyl (C=O) groups is 1. The third-order valence-electron chi connectivity index (χ3n) is 5.27. The van der Waals surface area contributed by atoms with Crippen LogP contribution in [0, 0.1) is 5.41 Å². The molecule has 3 rings (SSSR count). The van der Waals surface area contributed by atoms with Crippen molar-refractivity contribution in [3.63, 3.8) is 0 Å². The molecule has 0 saturated carbocycles. The third kappa shape index (κ3) is 5.97. The SMILES string of the molecule is CCc1ccc(OCc2nnc(SCC(=O)C(C)(C)C)n2[C@H](C)c2ccccc2)cc1. The van der Waals surface area contributed by atoms with E-state index in [2.05, 4.69) is 52.9 Å². The predicted molar refractivity (Wildman–Crippen MR) is 126 cm³/mol. The Hall–Kier alpha value is -2.60. The van der Waals surface area contributed by atoms with Gasteiger partial charge in [-0.3, -0.25) is 9.36 Å². The number of hydrogen-bond acceptors (Lipinski definition) is 5. The summed E-state index contributed by atoms with van der Waals surface area (Å²) in [7, 11) is 0. The molecule has 0 N–H and O–H groups in total. The Kier molecular flexibility index (Phi) is 7.55. The van der Waals surface area contributed by atoms with E-state index >= 15 is 0 Å². The number of aryl methyl sites for hydroxylation is 1. The largest absolute Gasteiger partial charge is 0.486 e. The normalized spacial score (nSPS) is 12.5. The lowest BCUT2D eigenvalue weighted by molar-refractivity contribution is -0.123. The summed E-state index contributed by atoms with van der Waals surface area (Å²) in [5.74, 6) is 2.09. The molecular formula is C25H31N3O2S. The topological polar surface area (TPSA) is 57.0 Å². The molecule has 164 valence electrons. The van der Waals surface area contributed by atoms with Crippen LogP contribution in [0.4, 0.5) is 0 Å². The Bertz CT molecular complexity index is 992. The molecule has 1 aromatic heterocycles. The summed E-state index contributed by atoms with van der Waals surface area (Å²) in [6.07, 6.45) is 0.997. The van der Waals surface area contributed by atoms with Crippen molar-refractivity contribution in [2.75, 3.05) is 5.75 Å². The number of ketones is 1. The summed E-state index contributed by atoms with van der Waals surface area (Å²) in [5, 5.41) is 9.54. The van der Waals surface area contributed by atoms with Crippen LogP contribution in [0.15, 0.2) is 59.8 Å². The highest BCUT2D eigenvalue weighted by Gasteiger charge is 2.24. The van der Waals surface area contributed by atoms with Crippen molar-refractivity contribution in [2.45, 2.75) is 58.8 Å². The fourth-order valence-electron chi connectivity index (χ4n) is 3.09. The van der Waals surface area contributed by atoms with E-state index in [1.165, 1.54) is 17.3 Å². The molecule has 0 aliphatic rings. The molecule has 1 atom stereocenters. The molecule has 0 unspecified atom stereocenters. The van der Waals surface area contributed by atoms with E-state index in [1.807, 2.05) is 51.1 Å². The van der Waals surface area contributed by atoms with Gasteiger partial charge in [0.15, 0.2) is 11.0 Å². The highest BCUT2D eigenvalue weighted by atomic mass is 32.2. The molecule has 0 aliphatic heterocycles. The number of benzene rings is 2. The molecule has 3 aromatic rings. The highest BCUT2D eigenvalue weighted by Crippen LogP contribution is 2.28. The van der Waals surface area contributed by atoms with E-state index in [0.29, 0.717) is 12.4 Å². The monoisotopic (exact) mass is 437 g/mol. The van der Waals surface area contributed by atoms with Crippen molar-refractivity contribution in [1.82, 2.24) is 14.8 Å². The summed E-state index contributed by atoms with van der Waals surface area (Å²) < 4.78 is 8.09. The number of thioether (sulfide) groups is 1. The van der Waals surface area contributed by atoms with Gasteiger partial charge in [0.25, 0.3) is 0 Å². The van der Waals surface area contributed by atoms with Gasteiger partial charge in [-0.25, -0.2) is 0 Å². The van der Waals surface area contributed by atoms with Crippen molar-refractivity contribution < 1.29 is 9.53 Å². The minimum Gasteiger partial charge on any atom is -0.486 e. The minimum absolute atomic E-state index is 0.0181. The minimum atomic E-state index is -0.376. The van der Waals surface area contributed by atoms with Gasteiger partial charge in [0.2, 0.25) is 0 Å². The number of aromatic nitrogens is 3. The lowest BCUT2D eigenvalue weighted by atomic mass is 9.92. The predicted octanol–water partition coefficient (Wildman–Crippen LogP) is 5.74. The van der Waals surface area contributed by atoms with Gasteiger partial charge < -0.3 is 4.74 Å². The molecule has 0 fully saturated rings. The zero-order valence-electron chi connectivity index (χ0n) is 19.0. The molecule has 0 bridgehead atoms. The first kappa shape index (κ1) is 23.1. The standard InChI is InChI=1S/C25H31N3O2S/c1-6-19-12-14-21(15-13-19)30-16-23-26-27-24(31-17-22(29)25(3,4)5)28(23)18(2)20-10-8-7-9-11-20/h7-15,18H,6,16-17H2,1-5H3/t18-/m1/s1. The first-order valence-electron chi connectivity index (χ1n) is 10.7. The maximum atomic E-state index is 12.5. The summed E-state index contributed by atoms with van der Waals surface area (Å²) in [4.78, 5) is 12.5. The molecule has 0 spiro atoms. The van der Waals surface area contributed by atoms with Gasteiger partial charge in [-0.05, 0) is 36.6 Å². The molecule has 31 heavy (non-hydrogen) atoms. The second-order valence-corrected chi connectivity index (χ2v) is 9.55. The van der Waals surface area contributed by atoms with Crippen LogP contribution in [0.1, 0.15) is 57.6 Å². The highest BCUT2D eigenvalue weighted by molar-refractivity contribution is 7.99. The molecule has 0 amide bonds. The first-order valence-corrected chi connectivity index (χ1v) is 11.6. The molecule has 6 heteroatoms. The van der Waals surface area contributed by atoms with Gasteiger partial charge in [-0.1, -0.05) is 81.9 Å². The second kappa shape index (κ2) is 10.1. The molecule has 2 aromatic carbocycles. The van der Waals surface area contributed by atoms with Crippen LogP contribution in [0.5, 0.6) is 5.75 Å². The number of carbonyl (C=O) groups excluding carboxylic acids is 1. The number of hydrogen-bond donors (Lipinski definition) is 0. The van der Waals surface area contributed by atoms with Crippen LogP contribution in [0.3, 0.4) is 0 Å². The van der Waals surface area contributed by atoms with E-state index in [0.717, 1.165) is 28.7 Å². The Morgan fingerprint density at radius 3 is 2.35 bits per heavy atom. The van der Waals surface area contributed by atoms with E-state index in [1.54, 1.807) is 0 Å². The van der Waals surface area contributed by atoms with Gasteiger partial charge in [-0.15, -0.1) is 10.2 Å². The third-order valence-corrected chi connectivity index (χ3v) is 6.22. The van der Waals surface area contributed by atoms with Crippen LogP contribution in [0.25, 0.3) is 0 Å². The van der Waals surface area contributed by atoms with Crippen molar-refractivity contribution in [3.8, 4) is 5.75 Å². The first-order chi connectivity index (χ1) is 14.8. The van der Waals surface area contributed by atoms with Crippen molar-refractivity contribution in [3.05, 3.63) is 71.5 Å². The lowest BCUT2D eigenvalue weighted by Gasteiger charge is -2.20. The Balaban J connectivity index is 1.83. The molecule has 1 heterocycles. The van der Waals surface area contributed by atoms with Gasteiger partial charge in [-0.2, -0.15) is 0 Å². The van der Waals surface area contributed by atoms with Crippen LogP contribution >= 0.6 is 11.8 Å².